The van der Waals surface area contributed by atoms with Gasteiger partial charge in [-0.05, 0) is 19.4 Å². The fraction of sp³-hybridized carbons (Fsp3) is 0.588. The smallest absolute Gasteiger partial charge is 0.269 e. The van der Waals surface area contributed by atoms with Crippen LogP contribution in [0.5, 0.6) is 0 Å². The highest BCUT2D eigenvalue weighted by Gasteiger charge is 2.62. The standard InChI is InChI=1S/C17H25N3O4/c1-5-24-14-10-17(18,16(14,3)4)15(21)19-11(2)12-7-6-8-13(9-12)20(22)23/h6-9,11,14H,5,10,18H2,1-4H3,(H,19,21). The van der Waals surface area contributed by atoms with E-state index in [-0.39, 0.29) is 23.7 Å². The summed E-state index contributed by atoms with van der Waals surface area (Å²) in [5.74, 6) is -0.262. The molecule has 1 amide bonds. The Bertz CT molecular complexity index is 646. The number of nitro groups is 1. The van der Waals surface area contributed by atoms with Gasteiger partial charge in [-0.3, -0.25) is 14.9 Å². The monoisotopic (exact) mass is 335 g/mol. The Morgan fingerprint density at radius 3 is 2.75 bits per heavy atom. The van der Waals surface area contributed by atoms with E-state index in [1.165, 1.54) is 12.1 Å². The average molecular weight is 335 g/mol. The number of rotatable bonds is 6. The number of carbonyl (C=O) groups is 1. The Kier molecular flexibility index (Phi) is 4.96. The summed E-state index contributed by atoms with van der Waals surface area (Å²) in [5, 5.41) is 13.8. The molecule has 1 aliphatic rings. The molecule has 0 aromatic heterocycles. The van der Waals surface area contributed by atoms with E-state index in [0.717, 1.165) is 0 Å². The van der Waals surface area contributed by atoms with Gasteiger partial charge in [0.05, 0.1) is 17.1 Å². The summed E-state index contributed by atoms with van der Waals surface area (Å²) in [5.41, 5.74) is 5.52. The van der Waals surface area contributed by atoms with Gasteiger partial charge in [-0.2, -0.15) is 0 Å². The largest absolute Gasteiger partial charge is 0.378 e. The number of hydrogen-bond donors (Lipinski definition) is 2. The molecule has 0 radical (unpaired) electrons. The number of carbonyl (C=O) groups excluding carboxylic acids is 1. The first kappa shape index (κ1) is 18.4. The molecule has 1 fully saturated rings. The third-order valence-electron chi connectivity index (χ3n) is 5.16. The van der Waals surface area contributed by atoms with Gasteiger partial charge >= 0.3 is 0 Å². The third kappa shape index (κ3) is 3.01. The van der Waals surface area contributed by atoms with Crippen LogP contribution in [-0.2, 0) is 9.53 Å². The SMILES string of the molecule is CCOC1CC(N)(C(=O)NC(C)c2cccc([N+](=O)[O-])c2)C1(C)C. The van der Waals surface area contributed by atoms with Gasteiger partial charge in [0.1, 0.15) is 5.54 Å². The summed E-state index contributed by atoms with van der Waals surface area (Å²) in [6.45, 7) is 8.13. The lowest BCUT2D eigenvalue weighted by atomic mass is 9.54. The van der Waals surface area contributed by atoms with Crippen molar-refractivity contribution in [2.45, 2.75) is 51.8 Å². The first-order valence-electron chi connectivity index (χ1n) is 8.09. The number of benzene rings is 1. The van der Waals surface area contributed by atoms with Crippen molar-refractivity contribution in [3.05, 3.63) is 39.9 Å². The lowest BCUT2D eigenvalue weighted by Gasteiger charge is -2.57. The lowest BCUT2D eigenvalue weighted by Crippen LogP contribution is -2.75. The van der Waals surface area contributed by atoms with Gasteiger partial charge in [0.15, 0.2) is 0 Å². The third-order valence-corrected chi connectivity index (χ3v) is 5.16. The number of nitro benzene ring substituents is 1. The Morgan fingerprint density at radius 1 is 1.54 bits per heavy atom. The summed E-state index contributed by atoms with van der Waals surface area (Å²) in [4.78, 5) is 23.1. The minimum atomic E-state index is -1.01. The molecular weight excluding hydrogens is 310 g/mol. The van der Waals surface area contributed by atoms with E-state index in [4.69, 9.17) is 10.5 Å². The molecule has 3 atom stereocenters. The van der Waals surface area contributed by atoms with Crippen molar-refractivity contribution in [2.24, 2.45) is 11.1 Å². The molecular formula is C17H25N3O4. The van der Waals surface area contributed by atoms with Gasteiger partial charge < -0.3 is 15.8 Å². The fourth-order valence-corrected chi connectivity index (χ4v) is 3.14. The van der Waals surface area contributed by atoms with Crippen molar-refractivity contribution >= 4 is 11.6 Å². The highest BCUT2D eigenvalue weighted by molar-refractivity contribution is 5.89. The van der Waals surface area contributed by atoms with E-state index in [1.807, 2.05) is 20.8 Å². The molecule has 2 rings (SSSR count). The van der Waals surface area contributed by atoms with Crippen LogP contribution < -0.4 is 11.1 Å². The molecule has 1 aromatic carbocycles. The summed E-state index contributed by atoms with van der Waals surface area (Å²) >= 11 is 0. The summed E-state index contributed by atoms with van der Waals surface area (Å²) in [7, 11) is 0. The van der Waals surface area contributed by atoms with Crippen molar-refractivity contribution in [2.75, 3.05) is 6.61 Å². The second-order valence-electron chi connectivity index (χ2n) is 6.89. The number of ether oxygens (including phenoxy) is 1. The van der Waals surface area contributed by atoms with Crippen LogP contribution in [0.25, 0.3) is 0 Å². The first-order valence-corrected chi connectivity index (χ1v) is 8.09. The van der Waals surface area contributed by atoms with Gasteiger partial charge in [0.2, 0.25) is 5.91 Å². The molecule has 24 heavy (non-hydrogen) atoms. The van der Waals surface area contributed by atoms with E-state index in [2.05, 4.69) is 5.32 Å². The normalized spacial score (nSPS) is 26.3. The van der Waals surface area contributed by atoms with Crippen LogP contribution in [-0.4, -0.2) is 29.1 Å². The van der Waals surface area contributed by atoms with Crippen LogP contribution in [0.15, 0.2) is 24.3 Å². The molecule has 1 aliphatic carbocycles. The van der Waals surface area contributed by atoms with Crippen molar-refractivity contribution in [1.82, 2.24) is 5.32 Å². The van der Waals surface area contributed by atoms with Crippen LogP contribution in [0, 0.1) is 15.5 Å². The number of hydrogen-bond acceptors (Lipinski definition) is 5. The molecule has 132 valence electrons. The van der Waals surface area contributed by atoms with Crippen molar-refractivity contribution in [3.63, 3.8) is 0 Å². The van der Waals surface area contributed by atoms with Crippen LogP contribution in [0.1, 0.15) is 45.7 Å². The molecule has 7 heteroatoms. The van der Waals surface area contributed by atoms with Gasteiger partial charge in [0, 0.05) is 30.6 Å². The maximum absolute atomic E-state index is 12.7. The maximum atomic E-state index is 12.7. The zero-order valence-corrected chi connectivity index (χ0v) is 14.5. The Balaban J connectivity index is 2.10. The van der Waals surface area contributed by atoms with Gasteiger partial charge in [-0.25, -0.2) is 0 Å². The predicted octanol–water partition coefficient (Wildman–Crippen LogP) is 2.30. The van der Waals surface area contributed by atoms with E-state index < -0.39 is 15.9 Å². The summed E-state index contributed by atoms with van der Waals surface area (Å²) in [6.07, 6.45) is 0.410. The van der Waals surface area contributed by atoms with Gasteiger partial charge in [-0.15, -0.1) is 0 Å². The lowest BCUT2D eigenvalue weighted by molar-refractivity contribution is -0.384. The summed E-state index contributed by atoms with van der Waals surface area (Å²) in [6, 6.07) is 5.86. The minimum Gasteiger partial charge on any atom is -0.378 e. The number of non-ortho nitro benzene ring substituents is 1. The molecule has 3 N–H and O–H groups in total. The average Bonchev–Trinajstić information content (AvgIpc) is 2.54. The van der Waals surface area contributed by atoms with Crippen molar-refractivity contribution in [1.29, 1.82) is 0 Å². The molecule has 0 spiro atoms. The van der Waals surface area contributed by atoms with E-state index >= 15 is 0 Å². The molecule has 1 aromatic rings. The van der Waals surface area contributed by atoms with Crippen LogP contribution in [0.4, 0.5) is 5.69 Å². The number of nitrogens with two attached hydrogens (primary N) is 1. The Hall–Kier alpha value is -1.99. The van der Waals surface area contributed by atoms with Gasteiger partial charge in [0.25, 0.3) is 5.69 Å². The fourth-order valence-electron chi connectivity index (χ4n) is 3.14. The van der Waals surface area contributed by atoms with E-state index in [9.17, 15) is 14.9 Å². The van der Waals surface area contributed by atoms with Crippen LogP contribution in [0.3, 0.4) is 0 Å². The Morgan fingerprint density at radius 2 is 2.21 bits per heavy atom. The van der Waals surface area contributed by atoms with Gasteiger partial charge in [-0.1, -0.05) is 26.0 Å². The van der Waals surface area contributed by atoms with Crippen LogP contribution >= 0.6 is 0 Å². The topological polar surface area (TPSA) is 107 Å². The predicted molar refractivity (Wildman–Crippen MR) is 90.4 cm³/mol. The second kappa shape index (κ2) is 6.49. The zero-order chi connectivity index (χ0) is 18.1. The molecule has 3 unspecified atom stereocenters. The number of nitrogens with zero attached hydrogens (tertiary/aromatic N) is 1. The zero-order valence-electron chi connectivity index (χ0n) is 14.5. The maximum Gasteiger partial charge on any atom is 0.269 e. The Labute approximate surface area is 141 Å². The first-order chi connectivity index (χ1) is 11.1. The molecule has 0 aliphatic heterocycles. The number of amides is 1. The highest BCUT2D eigenvalue weighted by Crippen LogP contribution is 2.50. The van der Waals surface area contributed by atoms with E-state index in [1.54, 1.807) is 19.1 Å². The molecule has 0 bridgehead atoms. The van der Waals surface area contributed by atoms with Crippen molar-refractivity contribution < 1.29 is 14.5 Å². The molecule has 7 nitrogen and oxygen atoms in total. The highest BCUT2D eigenvalue weighted by atomic mass is 16.6. The summed E-state index contributed by atoms with van der Waals surface area (Å²) < 4.78 is 5.64. The van der Waals surface area contributed by atoms with E-state index in [0.29, 0.717) is 18.6 Å². The van der Waals surface area contributed by atoms with Crippen molar-refractivity contribution in [3.8, 4) is 0 Å². The van der Waals surface area contributed by atoms with Crippen LogP contribution in [0.2, 0.25) is 0 Å². The molecule has 1 saturated carbocycles. The minimum absolute atomic E-state index is 0.00329. The quantitative estimate of drug-likeness (QED) is 0.612. The second-order valence-corrected chi connectivity index (χ2v) is 6.89. The molecule has 0 saturated heterocycles. The molecule has 0 heterocycles. The number of nitrogens with one attached hydrogen (secondary N) is 1.